The molecule has 0 radical (unpaired) electrons. The second-order valence-corrected chi connectivity index (χ2v) is 7.60. The second-order valence-electron chi connectivity index (χ2n) is 6.11. The van der Waals surface area contributed by atoms with E-state index in [4.69, 9.17) is 16.3 Å². The Kier molecular flexibility index (Phi) is 5.32. The van der Waals surface area contributed by atoms with Gasteiger partial charge in [-0.15, -0.1) is 16.4 Å². The number of carbonyl (C=O) groups is 1. The number of carbonyl (C=O) groups excluding carboxylic acids is 1. The standard InChI is InChI=1S/C21H16ClN3O2S/c1-2-27-21(26)19-20-16(12-18(28-20)14-3-5-15(22)6-4-14)17(24-25-19)11-13-7-9-23-10-8-13/h3-10,12H,2,11H2,1H3. The van der Waals surface area contributed by atoms with Gasteiger partial charge in [0.2, 0.25) is 0 Å². The highest BCUT2D eigenvalue weighted by molar-refractivity contribution is 7.22. The lowest BCUT2D eigenvalue weighted by atomic mass is 10.1. The smallest absolute Gasteiger partial charge is 0.360 e. The monoisotopic (exact) mass is 409 g/mol. The molecule has 4 aromatic rings. The first-order valence-electron chi connectivity index (χ1n) is 8.76. The lowest BCUT2D eigenvalue weighted by Gasteiger charge is -2.05. The fourth-order valence-corrected chi connectivity index (χ4v) is 4.19. The van der Waals surface area contributed by atoms with Crippen molar-refractivity contribution in [2.24, 2.45) is 0 Å². The number of nitrogens with zero attached hydrogens (tertiary/aromatic N) is 3. The maximum atomic E-state index is 12.4. The number of halogens is 1. The van der Waals surface area contributed by atoms with Crippen LogP contribution in [0, 0.1) is 0 Å². The van der Waals surface area contributed by atoms with Gasteiger partial charge in [-0.1, -0.05) is 23.7 Å². The molecule has 140 valence electrons. The van der Waals surface area contributed by atoms with Gasteiger partial charge in [0.15, 0.2) is 5.69 Å². The van der Waals surface area contributed by atoms with Gasteiger partial charge in [-0.25, -0.2) is 4.79 Å². The minimum Gasteiger partial charge on any atom is -0.461 e. The maximum Gasteiger partial charge on any atom is 0.360 e. The Morgan fingerprint density at radius 2 is 1.86 bits per heavy atom. The van der Waals surface area contributed by atoms with Crippen molar-refractivity contribution in [3.63, 3.8) is 0 Å². The topological polar surface area (TPSA) is 65.0 Å². The van der Waals surface area contributed by atoms with Crippen LogP contribution in [0.15, 0.2) is 54.9 Å². The number of hydrogen-bond acceptors (Lipinski definition) is 6. The zero-order chi connectivity index (χ0) is 19.5. The summed E-state index contributed by atoms with van der Waals surface area (Å²) < 4.78 is 5.94. The second kappa shape index (κ2) is 8.04. The molecule has 0 bridgehead atoms. The molecule has 0 atom stereocenters. The number of aromatic nitrogens is 3. The van der Waals surface area contributed by atoms with Crippen molar-refractivity contribution in [1.29, 1.82) is 0 Å². The van der Waals surface area contributed by atoms with Crippen LogP contribution in [-0.2, 0) is 11.2 Å². The zero-order valence-electron chi connectivity index (χ0n) is 15.1. The van der Waals surface area contributed by atoms with Crippen LogP contribution in [0.5, 0.6) is 0 Å². The minimum atomic E-state index is -0.458. The van der Waals surface area contributed by atoms with E-state index in [1.54, 1.807) is 19.3 Å². The molecular formula is C21H16ClN3O2S. The van der Waals surface area contributed by atoms with Gasteiger partial charge in [0.05, 0.1) is 17.0 Å². The lowest BCUT2D eigenvalue weighted by Crippen LogP contribution is -2.09. The third-order valence-corrected chi connectivity index (χ3v) is 5.69. The summed E-state index contributed by atoms with van der Waals surface area (Å²) in [5.41, 5.74) is 3.16. The molecular weight excluding hydrogens is 394 g/mol. The van der Waals surface area contributed by atoms with Crippen LogP contribution in [0.1, 0.15) is 28.7 Å². The number of fused-ring (bicyclic) bond motifs is 1. The van der Waals surface area contributed by atoms with Gasteiger partial charge in [-0.05, 0) is 48.4 Å². The van der Waals surface area contributed by atoms with Crippen molar-refractivity contribution in [2.75, 3.05) is 6.61 Å². The maximum absolute atomic E-state index is 12.4. The molecule has 3 heterocycles. The van der Waals surface area contributed by atoms with Gasteiger partial charge < -0.3 is 4.74 Å². The van der Waals surface area contributed by atoms with Gasteiger partial charge in [0.25, 0.3) is 0 Å². The first-order valence-corrected chi connectivity index (χ1v) is 9.96. The van der Waals surface area contributed by atoms with E-state index in [0.717, 1.165) is 31.8 Å². The molecule has 0 fully saturated rings. The molecule has 0 aliphatic carbocycles. The van der Waals surface area contributed by atoms with Crippen molar-refractivity contribution in [1.82, 2.24) is 15.2 Å². The molecule has 0 N–H and O–H groups in total. The molecule has 7 heteroatoms. The normalized spacial score (nSPS) is 10.9. The van der Waals surface area contributed by atoms with Gasteiger partial charge in [0.1, 0.15) is 0 Å². The molecule has 28 heavy (non-hydrogen) atoms. The Bertz CT molecular complexity index is 1130. The van der Waals surface area contributed by atoms with E-state index in [1.807, 2.05) is 36.4 Å². The van der Waals surface area contributed by atoms with E-state index in [9.17, 15) is 4.79 Å². The highest BCUT2D eigenvalue weighted by Crippen LogP contribution is 2.37. The minimum absolute atomic E-state index is 0.251. The van der Waals surface area contributed by atoms with Crippen molar-refractivity contribution < 1.29 is 9.53 Å². The van der Waals surface area contributed by atoms with Gasteiger partial charge in [0, 0.05) is 34.1 Å². The fraction of sp³-hybridized carbons (Fsp3) is 0.143. The van der Waals surface area contributed by atoms with E-state index in [1.165, 1.54) is 11.3 Å². The zero-order valence-corrected chi connectivity index (χ0v) is 16.6. The summed E-state index contributed by atoms with van der Waals surface area (Å²) in [6.45, 7) is 2.06. The number of thiophene rings is 1. The van der Waals surface area contributed by atoms with Crippen LogP contribution in [0.25, 0.3) is 20.5 Å². The van der Waals surface area contributed by atoms with Crippen LogP contribution in [-0.4, -0.2) is 27.8 Å². The van der Waals surface area contributed by atoms with Crippen LogP contribution in [0.4, 0.5) is 0 Å². The average molecular weight is 410 g/mol. The lowest BCUT2D eigenvalue weighted by molar-refractivity contribution is 0.0521. The van der Waals surface area contributed by atoms with Crippen molar-refractivity contribution in [2.45, 2.75) is 13.3 Å². The SMILES string of the molecule is CCOC(=O)c1nnc(Cc2ccncc2)c2cc(-c3ccc(Cl)cc3)sc12. The predicted octanol–water partition coefficient (Wildman–Crippen LogP) is 5.17. The summed E-state index contributed by atoms with van der Waals surface area (Å²) >= 11 is 7.51. The summed E-state index contributed by atoms with van der Waals surface area (Å²) in [4.78, 5) is 17.4. The van der Waals surface area contributed by atoms with Crippen LogP contribution in [0.2, 0.25) is 5.02 Å². The van der Waals surface area contributed by atoms with Crippen LogP contribution in [0.3, 0.4) is 0 Å². The molecule has 1 aromatic carbocycles. The van der Waals surface area contributed by atoms with E-state index in [0.29, 0.717) is 11.4 Å². The molecule has 3 aromatic heterocycles. The molecule has 0 aliphatic heterocycles. The van der Waals surface area contributed by atoms with Crippen molar-refractivity contribution in [3.8, 4) is 10.4 Å². The predicted molar refractivity (Wildman–Crippen MR) is 111 cm³/mol. The third kappa shape index (κ3) is 3.74. The van der Waals surface area contributed by atoms with Crippen LogP contribution >= 0.6 is 22.9 Å². The summed E-state index contributed by atoms with van der Waals surface area (Å²) in [5, 5.41) is 10.1. The number of rotatable bonds is 5. The first-order chi connectivity index (χ1) is 13.7. The third-order valence-electron chi connectivity index (χ3n) is 4.25. The van der Waals surface area contributed by atoms with E-state index < -0.39 is 5.97 Å². The molecule has 4 rings (SSSR count). The molecule has 0 unspecified atom stereocenters. The summed E-state index contributed by atoms with van der Waals surface area (Å²) in [5.74, 6) is -0.458. The Morgan fingerprint density at radius 1 is 1.11 bits per heavy atom. The number of hydrogen-bond donors (Lipinski definition) is 0. The van der Waals surface area contributed by atoms with Crippen molar-refractivity contribution in [3.05, 3.63) is 76.8 Å². The van der Waals surface area contributed by atoms with Gasteiger partial charge in [-0.2, -0.15) is 5.10 Å². The number of esters is 1. The molecule has 0 saturated carbocycles. The quantitative estimate of drug-likeness (QED) is 0.425. The molecule has 5 nitrogen and oxygen atoms in total. The first kappa shape index (κ1) is 18.5. The molecule has 0 amide bonds. The fourth-order valence-electron chi connectivity index (χ4n) is 2.90. The Balaban J connectivity index is 1.85. The molecule has 0 saturated heterocycles. The highest BCUT2D eigenvalue weighted by atomic mass is 35.5. The number of ether oxygens (including phenoxy) is 1. The Morgan fingerprint density at radius 3 is 2.57 bits per heavy atom. The molecule has 0 spiro atoms. The van der Waals surface area contributed by atoms with E-state index in [2.05, 4.69) is 21.2 Å². The van der Waals surface area contributed by atoms with Crippen LogP contribution < -0.4 is 0 Å². The molecule has 0 aliphatic rings. The Hall–Kier alpha value is -2.83. The van der Waals surface area contributed by atoms with Crippen molar-refractivity contribution >= 4 is 39.0 Å². The largest absolute Gasteiger partial charge is 0.461 e. The number of benzene rings is 1. The van der Waals surface area contributed by atoms with Gasteiger partial charge >= 0.3 is 5.97 Å². The van der Waals surface area contributed by atoms with Gasteiger partial charge in [-0.3, -0.25) is 4.98 Å². The Labute approximate surface area is 171 Å². The van der Waals surface area contributed by atoms with E-state index >= 15 is 0 Å². The average Bonchev–Trinajstić information content (AvgIpc) is 3.15. The van der Waals surface area contributed by atoms with E-state index in [-0.39, 0.29) is 12.3 Å². The summed E-state index contributed by atoms with van der Waals surface area (Å²) in [6, 6.07) is 13.6. The summed E-state index contributed by atoms with van der Waals surface area (Å²) in [6.07, 6.45) is 4.10. The highest BCUT2D eigenvalue weighted by Gasteiger charge is 2.20. The summed E-state index contributed by atoms with van der Waals surface area (Å²) in [7, 11) is 0. The number of pyridine rings is 1.